The minimum Gasteiger partial charge on any atom is -0.381 e. The third-order valence-electron chi connectivity index (χ3n) is 6.71. The molecular weight excluding hydrogens is 504 g/mol. The second-order valence-electron chi connectivity index (χ2n) is 9.83. The summed E-state index contributed by atoms with van der Waals surface area (Å²) in [6, 6.07) is 16.7. The van der Waals surface area contributed by atoms with Crippen LogP contribution in [-0.4, -0.2) is 61.7 Å². The van der Waals surface area contributed by atoms with E-state index in [0.29, 0.717) is 6.54 Å². The highest BCUT2D eigenvalue weighted by molar-refractivity contribution is 8.00. The maximum absolute atomic E-state index is 13.7. The Morgan fingerprint density at radius 3 is 2.53 bits per heavy atom. The number of aryl methyl sites for hydroxylation is 1. The van der Waals surface area contributed by atoms with Gasteiger partial charge in [-0.2, -0.15) is 0 Å². The molecule has 4 rings (SSSR count). The molecule has 1 aliphatic rings. The molecule has 3 amide bonds. The fourth-order valence-electron chi connectivity index (χ4n) is 4.52. The molecule has 0 aliphatic carbocycles. The van der Waals surface area contributed by atoms with Gasteiger partial charge in [0.05, 0.1) is 11.9 Å². The molecular formula is C28H32N4O5S. The van der Waals surface area contributed by atoms with E-state index in [1.165, 1.54) is 29.0 Å². The van der Waals surface area contributed by atoms with E-state index in [4.69, 9.17) is 4.52 Å². The van der Waals surface area contributed by atoms with Crippen LogP contribution in [0.25, 0.3) is 0 Å². The van der Waals surface area contributed by atoms with E-state index in [1.807, 2.05) is 75.4 Å². The summed E-state index contributed by atoms with van der Waals surface area (Å²) in [7, 11) is 0. The largest absolute Gasteiger partial charge is 0.381 e. The number of carbonyl (C=O) groups is 3. The van der Waals surface area contributed by atoms with Crippen molar-refractivity contribution in [1.29, 1.82) is 0 Å². The normalized spacial score (nSPS) is 18.0. The molecule has 3 N–H and O–H groups in total. The number of benzene rings is 2. The van der Waals surface area contributed by atoms with Crippen molar-refractivity contribution in [2.75, 3.05) is 5.88 Å². The number of hydrogen-bond acceptors (Lipinski definition) is 7. The number of aromatic nitrogens is 1. The average molecular weight is 537 g/mol. The monoisotopic (exact) mass is 536 g/mol. The third kappa shape index (κ3) is 6.25. The lowest BCUT2D eigenvalue weighted by Crippen LogP contribution is -2.58. The van der Waals surface area contributed by atoms with Crippen molar-refractivity contribution in [3.63, 3.8) is 0 Å². The molecule has 3 atom stereocenters. The Hall–Kier alpha value is -3.63. The van der Waals surface area contributed by atoms with Crippen molar-refractivity contribution in [2.24, 2.45) is 0 Å². The van der Waals surface area contributed by atoms with Crippen LogP contribution in [0.1, 0.15) is 41.0 Å². The highest BCUT2D eigenvalue weighted by atomic mass is 32.2. The molecule has 1 aliphatic heterocycles. The highest BCUT2D eigenvalue weighted by Gasteiger charge is 2.49. The zero-order valence-corrected chi connectivity index (χ0v) is 22.4. The van der Waals surface area contributed by atoms with Crippen molar-refractivity contribution < 1.29 is 24.0 Å². The van der Waals surface area contributed by atoms with Gasteiger partial charge in [-0.25, -0.2) is 0 Å². The summed E-state index contributed by atoms with van der Waals surface area (Å²) >= 11 is 1.47. The number of nitrogens with one attached hydrogen (secondary N) is 2. The van der Waals surface area contributed by atoms with Crippen LogP contribution < -0.4 is 10.6 Å². The van der Waals surface area contributed by atoms with Gasteiger partial charge >= 0.3 is 0 Å². The van der Waals surface area contributed by atoms with Gasteiger partial charge in [-0.05, 0) is 43.9 Å². The molecule has 38 heavy (non-hydrogen) atoms. The topological polar surface area (TPSA) is 125 Å². The van der Waals surface area contributed by atoms with E-state index in [2.05, 4.69) is 15.8 Å². The first-order valence-electron chi connectivity index (χ1n) is 12.4. The Morgan fingerprint density at radius 2 is 1.84 bits per heavy atom. The van der Waals surface area contributed by atoms with E-state index < -0.39 is 34.7 Å². The lowest BCUT2D eigenvalue weighted by atomic mass is 9.97. The Kier molecular flexibility index (Phi) is 8.53. The van der Waals surface area contributed by atoms with Crippen molar-refractivity contribution in [1.82, 2.24) is 20.7 Å². The smallest absolute Gasteiger partial charge is 0.273 e. The zero-order valence-electron chi connectivity index (χ0n) is 21.6. The number of nitrogens with zero attached hydrogens (tertiary/aromatic N) is 2. The van der Waals surface area contributed by atoms with Gasteiger partial charge in [0.1, 0.15) is 12.3 Å². The fourth-order valence-corrected chi connectivity index (χ4v) is 5.66. The van der Waals surface area contributed by atoms with Crippen molar-refractivity contribution in [3.8, 4) is 0 Å². The number of aliphatic hydroxyl groups excluding tert-OH is 1. The van der Waals surface area contributed by atoms with Gasteiger partial charge in [0, 0.05) is 17.4 Å². The van der Waals surface area contributed by atoms with E-state index in [0.717, 1.165) is 16.7 Å². The lowest BCUT2D eigenvalue weighted by Gasteiger charge is -2.33. The van der Waals surface area contributed by atoms with Gasteiger partial charge in [-0.3, -0.25) is 14.4 Å². The van der Waals surface area contributed by atoms with Gasteiger partial charge < -0.3 is 25.2 Å². The molecule has 0 saturated carbocycles. The Bertz CT molecular complexity index is 1270. The SMILES string of the molecule is Cc1ccccc1CNC(=O)[C@H]1N(C(=O)[C@@H](O)[C@H](Cc2ccccc2)NC(=O)c2ccon2)CSC1(C)C. The van der Waals surface area contributed by atoms with Gasteiger partial charge in [0.15, 0.2) is 11.8 Å². The molecule has 10 heteroatoms. The minimum atomic E-state index is -1.59. The van der Waals surface area contributed by atoms with Crippen molar-refractivity contribution in [2.45, 2.75) is 56.7 Å². The molecule has 200 valence electrons. The summed E-state index contributed by atoms with van der Waals surface area (Å²) in [6.45, 7) is 6.12. The predicted octanol–water partition coefficient (Wildman–Crippen LogP) is 2.68. The third-order valence-corrected chi connectivity index (χ3v) is 8.09. The first kappa shape index (κ1) is 27.4. The molecule has 1 saturated heterocycles. The van der Waals surface area contributed by atoms with Crippen molar-refractivity contribution in [3.05, 3.63) is 89.3 Å². The predicted molar refractivity (Wildman–Crippen MR) is 144 cm³/mol. The van der Waals surface area contributed by atoms with E-state index in [1.54, 1.807) is 0 Å². The minimum absolute atomic E-state index is 0.0361. The van der Waals surface area contributed by atoms with Crippen molar-refractivity contribution >= 4 is 29.5 Å². The second-order valence-corrected chi connectivity index (χ2v) is 11.4. The maximum atomic E-state index is 13.7. The number of carbonyl (C=O) groups excluding carboxylic acids is 3. The fraction of sp³-hybridized carbons (Fsp3) is 0.357. The molecule has 2 heterocycles. The molecule has 2 aromatic carbocycles. The van der Waals surface area contributed by atoms with Gasteiger partial charge in [-0.15, -0.1) is 11.8 Å². The average Bonchev–Trinajstić information content (AvgIpc) is 3.55. The Balaban J connectivity index is 1.52. The van der Waals surface area contributed by atoms with Gasteiger partial charge in [0.25, 0.3) is 11.8 Å². The summed E-state index contributed by atoms with van der Waals surface area (Å²) in [5.41, 5.74) is 2.91. The summed E-state index contributed by atoms with van der Waals surface area (Å²) in [6.07, 6.45) is -0.120. The zero-order chi connectivity index (χ0) is 27.3. The van der Waals surface area contributed by atoms with E-state index in [-0.39, 0.29) is 23.9 Å². The Morgan fingerprint density at radius 1 is 1.13 bits per heavy atom. The maximum Gasteiger partial charge on any atom is 0.273 e. The van der Waals surface area contributed by atoms with Crippen LogP contribution in [-0.2, 0) is 22.6 Å². The summed E-state index contributed by atoms with van der Waals surface area (Å²) < 4.78 is 4.18. The van der Waals surface area contributed by atoms with Gasteiger partial charge in [-0.1, -0.05) is 59.8 Å². The lowest BCUT2D eigenvalue weighted by molar-refractivity contribution is -0.147. The second kappa shape index (κ2) is 11.8. The van der Waals surface area contributed by atoms with Crippen LogP contribution in [0.3, 0.4) is 0 Å². The Labute approximate surface area is 226 Å². The quantitative estimate of drug-likeness (QED) is 0.384. The standard InChI is InChI=1S/C28H32N4O5S/c1-18-9-7-8-12-20(18)16-29-26(35)24-28(2,3)38-17-32(24)27(36)23(33)22(15-19-10-5-4-6-11-19)30-25(34)21-13-14-37-31-21/h4-14,22-24,33H,15-17H2,1-3H3,(H,29,35)(H,30,34)/t22-,23-,24+/m0/s1. The van der Waals surface area contributed by atoms with Crippen LogP contribution in [0.2, 0.25) is 0 Å². The highest BCUT2D eigenvalue weighted by Crippen LogP contribution is 2.40. The number of rotatable bonds is 9. The van der Waals surface area contributed by atoms with Crippen LogP contribution in [0.15, 0.2) is 71.4 Å². The van der Waals surface area contributed by atoms with E-state index >= 15 is 0 Å². The first-order valence-corrected chi connectivity index (χ1v) is 13.4. The summed E-state index contributed by atoms with van der Waals surface area (Å²) in [5.74, 6) is -1.26. The molecule has 0 unspecified atom stereocenters. The van der Waals surface area contributed by atoms with E-state index in [9.17, 15) is 19.5 Å². The van der Waals surface area contributed by atoms with Crippen LogP contribution in [0.4, 0.5) is 0 Å². The van der Waals surface area contributed by atoms with Crippen LogP contribution in [0, 0.1) is 6.92 Å². The van der Waals surface area contributed by atoms with Crippen LogP contribution in [0.5, 0.6) is 0 Å². The summed E-state index contributed by atoms with van der Waals surface area (Å²) in [4.78, 5) is 41.2. The van der Waals surface area contributed by atoms with Crippen LogP contribution >= 0.6 is 11.8 Å². The first-order chi connectivity index (χ1) is 18.2. The number of amides is 3. The molecule has 1 fully saturated rings. The number of thioether (sulfide) groups is 1. The number of hydrogen-bond donors (Lipinski definition) is 3. The molecule has 9 nitrogen and oxygen atoms in total. The molecule has 0 bridgehead atoms. The molecule has 0 spiro atoms. The molecule has 1 aromatic heterocycles. The van der Waals surface area contributed by atoms with Gasteiger partial charge in [0.2, 0.25) is 5.91 Å². The molecule has 3 aromatic rings. The number of aliphatic hydroxyl groups is 1. The molecule has 0 radical (unpaired) electrons. The summed E-state index contributed by atoms with van der Waals surface area (Å²) in [5, 5.41) is 20.6.